The monoisotopic (exact) mass is 312 g/mol. The first kappa shape index (κ1) is 14.7. The number of nitrogens with one attached hydrogen (secondary N) is 2. The first-order valence-electron chi connectivity index (χ1n) is 8.74. The maximum Gasteiger partial charge on any atom is 0.251 e. The number of fused-ring (bicyclic) bond motifs is 1. The van der Waals surface area contributed by atoms with Crippen LogP contribution in [0.25, 0.3) is 10.9 Å². The van der Waals surface area contributed by atoms with Gasteiger partial charge in [-0.05, 0) is 49.8 Å². The van der Waals surface area contributed by atoms with Crippen LogP contribution >= 0.6 is 0 Å². The summed E-state index contributed by atoms with van der Waals surface area (Å²) < 4.78 is 0. The zero-order chi connectivity index (χ0) is 15.6. The number of rotatable bonds is 4. The van der Waals surface area contributed by atoms with Crippen molar-refractivity contribution in [3.05, 3.63) is 30.0 Å². The molecule has 1 aliphatic carbocycles. The van der Waals surface area contributed by atoms with E-state index in [0.717, 1.165) is 48.3 Å². The topological polar surface area (TPSA) is 61.0 Å². The van der Waals surface area contributed by atoms with Gasteiger partial charge in [0.05, 0.1) is 11.7 Å². The fourth-order valence-electron chi connectivity index (χ4n) is 3.65. The van der Waals surface area contributed by atoms with Crippen molar-refractivity contribution in [3.8, 4) is 0 Å². The molecule has 0 bridgehead atoms. The Kier molecular flexibility index (Phi) is 4.04. The van der Waals surface area contributed by atoms with Crippen LogP contribution in [0.5, 0.6) is 0 Å². The molecule has 122 valence electrons. The van der Waals surface area contributed by atoms with E-state index in [0.29, 0.717) is 6.04 Å². The lowest BCUT2D eigenvalue weighted by molar-refractivity contribution is 0.0895. The van der Waals surface area contributed by atoms with Gasteiger partial charge in [-0.2, -0.15) is 5.10 Å². The zero-order valence-corrected chi connectivity index (χ0v) is 13.4. The summed E-state index contributed by atoms with van der Waals surface area (Å²) in [4.78, 5) is 15.0. The van der Waals surface area contributed by atoms with Gasteiger partial charge in [0.2, 0.25) is 0 Å². The highest BCUT2D eigenvalue weighted by Crippen LogP contribution is 2.28. The van der Waals surface area contributed by atoms with Gasteiger partial charge >= 0.3 is 0 Å². The van der Waals surface area contributed by atoms with Gasteiger partial charge in [0, 0.05) is 36.6 Å². The molecule has 0 spiro atoms. The van der Waals surface area contributed by atoms with Gasteiger partial charge in [-0.3, -0.25) is 9.89 Å². The summed E-state index contributed by atoms with van der Waals surface area (Å²) in [6.07, 6.45) is 8.11. The van der Waals surface area contributed by atoms with Crippen LogP contribution in [0.15, 0.2) is 24.4 Å². The molecule has 0 atom stereocenters. The number of hydrogen-bond acceptors (Lipinski definition) is 3. The molecular formula is C18H24N4O. The summed E-state index contributed by atoms with van der Waals surface area (Å²) in [6.45, 7) is 3.49. The third-order valence-corrected chi connectivity index (χ3v) is 5.37. The Bertz CT molecular complexity index is 683. The lowest BCUT2D eigenvalue weighted by Gasteiger charge is -2.37. The van der Waals surface area contributed by atoms with Gasteiger partial charge in [0.15, 0.2) is 0 Å². The zero-order valence-electron chi connectivity index (χ0n) is 13.4. The Labute approximate surface area is 136 Å². The summed E-state index contributed by atoms with van der Waals surface area (Å²) >= 11 is 0. The van der Waals surface area contributed by atoms with Crippen molar-refractivity contribution in [2.24, 2.45) is 5.92 Å². The van der Waals surface area contributed by atoms with Gasteiger partial charge in [0.1, 0.15) is 0 Å². The van der Waals surface area contributed by atoms with Crippen LogP contribution in [0.2, 0.25) is 0 Å². The van der Waals surface area contributed by atoms with Crippen molar-refractivity contribution in [1.29, 1.82) is 0 Å². The largest absolute Gasteiger partial charge is 0.349 e. The first-order chi connectivity index (χ1) is 11.3. The van der Waals surface area contributed by atoms with Crippen molar-refractivity contribution >= 4 is 16.8 Å². The van der Waals surface area contributed by atoms with Gasteiger partial charge in [0.25, 0.3) is 5.91 Å². The highest BCUT2D eigenvalue weighted by atomic mass is 16.1. The van der Waals surface area contributed by atoms with Gasteiger partial charge in [-0.15, -0.1) is 0 Å². The van der Waals surface area contributed by atoms with Gasteiger partial charge in [-0.1, -0.05) is 6.42 Å². The van der Waals surface area contributed by atoms with Crippen LogP contribution in [0.4, 0.5) is 0 Å². The molecule has 1 aromatic heterocycles. The Morgan fingerprint density at radius 2 is 2.09 bits per heavy atom. The molecule has 1 saturated carbocycles. The fraction of sp³-hybridized carbons (Fsp3) is 0.556. The molecule has 23 heavy (non-hydrogen) atoms. The SMILES string of the molecule is O=C(NC1CCN(CC2CCC2)CC1)c1ccc2[nH]ncc2c1. The minimum absolute atomic E-state index is 0.0329. The minimum atomic E-state index is 0.0329. The third kappa shape index (κ3) is 3.24. The maximum atomic E-state index is 12.4. The molecule has 5 nitrogen and oxygen atoms in total. The maximum absolute atomic E-state index is 12.4. The number of carbonyl (C=O) groups is 1. The van der Waals surface area contributed by atoms with Crippen molar-refractivity contribution in [2.75, 3.05) is 19.6 Å². The van der Waals surface area contributed by atoms with Crippen LogP contribution < -0.4 is 5.32 Å². The average molecular weight is 312 g/mol. The van der Waals surface area contributed by atoms with E-state index in [-0.39, 0.29) is 5.91 Å². The second-order valence-electron chi connectivity index (χ2n) is 7.02. The molecule has 4 rings (SSSR count). The van der Waals surface area contributed by atoms with Crippen LogP contribution in [0.3, 0.4) is 0 Å². The molecule has 1 aliphatic heterocycles. The standard InChI is InChI=1S/C18H24N4O/c23-18(14-4-5-17-15(10-14)11-19-21-17)20-16-6-8-22(9-7-16)12-13-2-1-3-13/h4-5,10-11,13,16H,1-3,6-9,12H2,(H,19,21)(H,20,23). The molecule has 5 heteroatoms. The molecule has 0 radical (unpaired) electrons. The van der Waals surface area contributed by atoms with E-state index in [1.54, 1.807) is 6.20 Å². The first-order valence-corrected chi connectivity index (χ1v) is 8.74. The molecule has 0 unspecified atom stereocenters. The number of benzene rings is 1. The molecule has 1 saturated heterocycles. The number of hydrogen-bond donors (Lipinski definition) is 2. The number of aromatic nitrogens is 2. The highest BCUT2D eigenvalue weighted by molar-refractivity contribution is 5.98. The molecular weight excluding hydrogens is 288 g/mol. The molecule has 2 aromatic rings. The Morgan fingerprint density at radius 3 is 2.83 bits per heavy atom. The summed E-state index contributed by atoms with van der Waals surface area (Å²) in [7, 11) is 0. The lowest BCUT2D eigenvalue weighted by atomic mass is 9.84. The van der Waals surface area contributed by atoms with Crippen molar-refractivity contribution in [2.45, 2.75) is 38.1 Å². The minimum Gasteiger partial charge on any atom is -0.349 e. The number of piperidine rings is 1. The van der Waals surface area contributed by atoms with Crippen LogP contribution in [-0.2, 0) is 0 Å². The fourth-order valence-corrected chi connectivity index (χ4v) is 3.65. The van der Waals surface area contributed by atoms with E-state index in [1.165, 1.54) is 25.8 Å². The van der Waals surface area contributed by atoms with Gasteiger partial charge in [-0.25, -0.2) is 0 Å². The number of amides is 1. The van der Waals surface area contributed by atoms with Crippen LogP contribution in [0, 0.1) is 5.92 Å². The summed E-state index contributed by atoms with van der Waals surface area (Å²) in [5.41, 5.74) is 1.68. The number of likely N-dealkylation sites (tertiary alicyclic amines) is 1. The average Bonchev–Trinajstić information content (AvgIpc) is 3.00. The quantitative estimate of drug-likeness (QED) is 0.912. The number of carbonyl (C=O) groups excluding carboxylic acids is 1. The van der Waals surface area contributed by atoms with Crippen molar-refractivity contribution < 1.29 is 4.79 Å². The van der Waals surface area contributed by atoms with E-state index < -0.39 is 0 Å². The Morgan fingerprint density at radius 1 is 1.26 bits per heavy atom. The molecule has 2 aliphatic rings. The van der Waals surface area contributed by atoms with Gasteiger partial charge < -0.3 is 10.2 Å². The highest BCUT2D eigenvalue weighted by Gasteiger charge is 2.25. The predicted molar refractivity (Wildman–Crippen MR) is 90.4 cm³/mol. The number of nitrogens with zero attached hydrogens (tertiary/aromatic N) is 2. The summed E-state index contributed by atoms with van der Waals surface area (Å²) in [6, 6.07) is 5.99. The second-order valence-corrected chi connectivity index (χ2v) is 7.02. The Balaban J connectivity index is 1.30. The molecule has 1 amide bonds. The Hall–Kier alpha value is -1.88. The van der Waals surface area contributed by atoms with Crippen molar-refractivity contribution in [3.63, 3.8) is 0 Å². The van der Waals surface area contributed by atoms with E-state index in [2.05, 4.69) is 20.4 Å². The smallest absolute Gasteiger partial charge is 0.251 e. The number of aromatic amines is 1. The predicted octanol–water partition coefficient (Wildman–Crippen LogP) is 2.56. The molecule has 1 aromatic carbocycles. The number of H-pyrrole nitrogens is 1. The summed E-state index contributed by atoms with van der Waals surface area (Å²) in [5.74, 6) is 0.966. The normalized spacial score (nSPS) is 20.5. The van der Waals surface area contributed by atoms with E-state index in [1.807, 2.05) is 18.2 Å². The second kappa shape index (κ2) is 6.32. The summed E-state index contributed by atoms with van der Waals surface area (Å²) in [5, 5.41) is 11.1. The molecule has 2 N–H and O–H groups in total. The van der Waals surface area contributed by atoms with E-state index >= 15 is 0 Å². The molecule has 2 heterocycles. The molecule has 2 fully saturated rings. The lowest BCUT2D eigenvalue weighted by Crippen LogP contribution is -2.46. The van der Waals surface area contributed by atoms with Crippen LogP contribution in [-0.4, -0.2) is 46.7 Å². The van der Waals surface area contributed by atoms with Crippen LogP contribution in [0.1, 0.15) is 42.5 Å². The van der Waals surface area contributed by atoms with E-state index in [9.17, 15) is 4.79 Å². The third-order valence-electron chi connectivity index (χ3n) is 5.37. The van der Waals surface area contributed by atoms with E-state index in [4.69, 9.17) is 0 Å². The van der Waals surface area contributed by atoms with Crippen molar-refractivity contribution in [1.82, 2.24) is 20.4 Å².